The van der Waals surface area contributed by atoms with E-state index in [0.717, 1.165) is 11.3 Å². The van der Waals surface area contributed by atoms with Crippen molar-refractivity contribution >= 4 is 18.3 Å². The molecule has 3 rings (SSSR count). The predicted octanol–water partition coefficient (Wildman–Crippen LogP) is 1.95. The minimum absolute atomic E-state index is 0.434. The Labute approximate surface area is 108 Å². The summed E-state index contributed by atoms with van der Waals surface area (Å²) in [5.41, 5.74) is 2.86. The summed E-state index contributed by atoms with van der Waals surface area (Å²) in [6.45, 7) is 0. The maximum absolute atomic E-state index is 8.88. The van der Waals surface area contributed by atoms with Crippen LogP contribution in [0.3, 0.4) is 0 Å². The Hall–Kier alpha value is -2.39. The molecule has 5 nitrogen and oxygen atoms in total. The molecule has 1 aromatic carbocycles. The second-order valence-corrected chi connectivity index (χ2v) is 4.08. The molecule has 0 aliphatic carbocycles. The van der Waals surface area contributed by atoms with E-state index in [1.165, 1.54) is 0 Å². The highest BCUT2D eigenvalue weighted by molar-refractivity contribution is 7.80. The molecule has 86 valence electrons. The average molecular weight is 253 g/mol. The van der Waals surface area contributed by atoms with E-state index in [4.69, 9.17) is 5.26 Å². The number of aromatic nitrogens is 4. The van der Waals surface area contributed by atoms with Gasteiger partial charge in [0.1, 0.15) is 0 Å². The number of thiol groups is 1. The lowest BCUT2D eigenvalue weighted by atomic mass is 10.1. The fourth-order valence-corrected chi connectivity index (χ4v) is 1.87. The van der Waals surface area contributed by atoms with Gasteiger partial charge < -0.3 is 0 Å². The molecular weight excluding hydrogens is 246 g/mol. The molecule has 18 heavy (non-hydrogen) atoms. The number of rotatable bonds is 1. The summed E-state index contributed by atoms with van der Waals surface area (Å²) in [6, 6.07) is 13.0. The van der Waals surface area contributed by atoms with E-state index in [1.807, 2.05) is 24.3 Å². The maximum Gasteiger partial charge on any atom is 0.209 e. The van der Waals surface area contributed by atoms with Crippen LogP contribution in [0, 0.1) is 11.3 Å². The van der Waals surface area contributed by atoms with Crippen LogP contribution in [-0.4, -0.2) is 19.8 Å². The van der Waals surface area contributed by atoms with E-state index in [9.17, 15) is 0 Å². The van der Waals surface area contributed by atoms with Crippen LogP contribution in [0.4, 0.5) is 0 Å². The number of hydrogen-bond donors (Lipinski definition) is 1. The zero-order valence-electron chi connectivity index (χ0n) is 9.15. The third kappa shape index (κ3) is 1.71. The third-order valence-corrected chi connectivity index (χ3v) is 2.81. The molecule has 0 unspecified atom stereocenters. The minimum atomic E-state index is 0.434. The van der Waals surface area contributed by atoms with Crippen molar-refractivity contribution in [1.29, 1.82) is 5.26 Å². The first-order valence-corrected chi connectivity index (χ1v) is 5.64. The van der Waals surface area contributed by atoms with Gasteiger partial charge in [0.05, 0.1) is 17.3 Å². The molecule has 2 aromatic heterocycles. The number of hydrogen-bond acceptors (Lipinski definition) is 5. The van der Waals surface area contributed by atoms with E-state index < -0.39 is 0 Å². The van der Waals surface area contributed by atoms with E-state index in [2.05, 4.69) is 34.0 Å². The second-order valence-electron chi connectivity index (χ2n) is 3.68. The van der Waals surface area contributed by atoms with Crippen molar-refractivity contribution < 1.29 is 0 Å². The highest BCUT2D eigenvalue weighted by Crippen LogP contribution is 2.19. The minimum Gasteiger partial charge on any atom is -0.192 e. The van der Waals surface area contributed by atoms with Crippen LogP contribution in [0.1, 0.15) is 5.56 Å². The summed E-state index contributed by atoms with van der Waals surface area (Å²) in [7, 11) is 0. The summed E-state index contributed by atoms with van der Waals surface area (Å²) in [6.07, 6.45) is 0. The highest BCUT2D eigenvalue weighted by atomic mass is 32.1. The Morgan fingerprint density at radius 3 is 2.89 bits per heavy atom. The smallest absolute Gasteiger partial charge is 0.192 e. The van der Waals surface area contributed by atoms with Gasteiger partial charge in [0.25, 0.3) is 0 Å². The van der Waals surface area contributed by atoms with Gasteiger partial charge >= 0.3 is 0 Å². The van der Waals surface area contributed by atoms with E-state index in [1.54, 1.807) is 16.6 Å². The zero-order chi connectivity index (χ0) is 12.5. The predicted molar refractivity (Wildman–Crippen MR) is 68.2 cm³/mol. The standard InChI is InChI=1S/C12H7N5S/c13-7-8-2-1-3-9(6-8)10-4-5-11-14-15-12(18)17(11)16-10/h1-6H,(H,15,18). The van der Waals surface area contributed by atoms with Gasteiger partial charge in [-0.3, -0.25) is 0 Å². The Kier molecular flexibility index (Phi) is 2.46. The maximum atomic E-state index is 8.88. The van der Waals surface area contributed by atoms with Crippen molar-refractivity contribution in [2.75, 3.05) is 0 Å². The van der Waals surface area contributed by atoms with Crippen molar-refractivity contribution in [1.82, 2.24) is 19.8 Å². The number of benzene rings is 1. The summed E-state index contributed by atoms with van der Waals surface area (Å²) in [5, 5.41) is 21.4. The number of nitrogens with zero attached hydrogens (tertiary/aromatic N) is 5. The van der Waals surface area contributed by atoms with Gasteiger partial charge in [0.15, 0.2) is 5.65 Å². The van der Waals surface area contributed by atoms with Crippen LogP contribution in [0.5, 0.6) is 0 Å². The molecule has 6 heteroatoms. The lowest BCUT2D eigenvalue weighted by Gasteiger charge is -2.01. The Morgan fingerprint density at radius 1 is 1.17 bits per heavy atom. The zero-order valence-corrected chi connectivity index (χ0v) is 10.0. The van der Waals surface area contributed by atoms with Crippen LogP contribution in [-0.2, 0) is 0 Å². The number of fused-ring (bicyclic) bond motifs is 1. The van der Waals surface area contributed by atoms with Gasteiger partial charge in [0, 0.05) is 5.56 Å². The largest absolute Gasteiger partial charge is 0.209 e. The van der Waals surface area contributed by atoms with Crippen molar-refractivity contribution in [3.63, 3.8) is 0 Å². The molecule has 0 aliphatic rings. The first-order chi connectivity index (χ1) is 8.78. The third-order valence-electron chi connectivity index (χ3n) is 2.53. The molecule has 0 spiro atoms. The Balaban J connectivity index is 2.19. The van der Waals surface area contributed by atoms with Gasteiger partial charge in [0.2, 0.25) is 5.16 Å². The number of nitriles is 1. The van der Waals surface area contributed by atoms with E-state index in [-0.39, 0.29) is 0 Å². The molecule has 2 heterocycles. The molecule has 0 amide bonds. The fraction of sp³-hybridized carbons (Fsp3) is 0. The lowest BCUT2D eigenvalue weighted by molar-refractivity contribution is 0.817. The summed E-state index contributed by atoms with van der Waals surface area (Å²) in [5.74, 6) is 0. The fourth-order valence-electron chi connectivity index (χ4n) is 1.68. The summed E-state index contributed by atoms with van der Waals surface area (Å²) in [4.78, 5) is 0. The van der Waals surface area contributed by atoms with E-state index in [0.29, 0.717) is 16.4 Å². The van der Waals surface area contributed by atoms with Gasteiger partial charge in [-0.05, 0) is 24.3 Å². The highest BCUT2D eigenvalue weighted by Gasteiger charge is 2.06. The monoisotopic (exact) mass is 253 g/mol. The van der Waals surface area contributed by atoms with Crippen LogP contribution >= 0.6 is 12.6 Å². The van der Waals surface area contributed by atoms with Crippen LogP contribution in [0.25, 0.3) is 16.9 Å². The summed E-state index contributed by atoms with van der Waals surface area (Å²) >= 11 is 4.17. The molecule has 0 atom stereocenters. The topological polar surface area (TPSA) is 66.9 Å². The van der Waals surface area contributed by atoms with Crippen molar-refractivity contribution in [2.24, 2.45) is 0 Å². The van der Waals surface area contributed by atoms with Crippen LogP contribution in [0.2, 0.25) is 0 Å². The van der Waals surface area contributed by atoms with Crippen LogP contribution < -0.4 is 0 Å². The van der Waals surface area contributed by atoms with Gasteiger partial charge in [-0.25, -0.2) is 0 Å². The normalized spacial score (nSPS) is 10.4. The molecular formula is C12H7N5S. The molecule has 0 bridgehead atoms. The molecule has 0 saturated heterocycles. The molecule has 0 aliphatic heterocycles. The van der Waals surface area contributed by atoms with Crippen LogP contribution in [0.15, 0.2) is 41.6 Å². The first kappa shape index (κ1) is 10.7. The molecule has 0 radical (unpaired) electrons. The Bertz CT molecular complexity index is 771. The Morgan fingerprint density at radius 2 is 2.06 bits per heavy atom. The molecule has 3 aromatic rings. The average Bonchev–Trinajstić information content (AvgIpc) is 2.80. The van der Waals surface area contributed by atoms with Crippen molar-refractivity contribution in [3.8, 4) is 17.3 Å². The molecule has 0 fully saturated rings. The lowest BCUT2D eigenvalue weighted by Crippen LogP contribution is -1.95. The SMILES string of the molecule is N#Cc1cccc(-c2ccc3nnc(S)n3n2)c1. The van der Waals surface area contributed by atoms with Crippen molar-refractivity contribution in [2.45, 2.75) is 5.16 Å². The molecule has 0 saturated carbocycles. The summed E-state index contributed by atoms with van der Waals surface area (Å²) < 4.78 is 1.55. The first-order valence-electron chi connectivity index (χ1n) is 5.20. The van der Waals surface area contributed by atoms with Gasteiger partial charge in [-0.2, -0.15) is 14.9 Å². The molecule has 0 N–H and O–H groups in total. The van der Waals surface area contributed by atoms with Crippen molar-refractivity contribution in [3.05, 3.63) is 42.0 Å². The van der Waals surface area contributed by atoms with E-state index >= 15 is 0 Å². The quantitative estimate of drug-likeness (QED) is 0.673. The second kappa shape index (κ2) is 4.13. The van der Waals surface area contributed by atoms with Gasteiger partial charge in [-0.15, -0.1) is 22.8 Å². The van der Waals surface area contributed by atoms with Gasteiger partial charge in [-0.1, -0.05) is 12.1 Å².